The van der Waals surface area contributed by atoms with Gasteiger partial charge in [-0.2, -0.15) is 9.37 Å². The first-order chi connectivity index (χ1) is 8.00. The fourth-order valence-corrected chi connectivity index (χ4v) is 1.33. The lowest BCUT2D eigenvalue weighted by molar-refractivity contribution is 0.396. The highest BCUT2D eigenvalue weighted by Crippen LogP contribution is 2.14. The van der Waals surface area contributed by atoms with Crippen LogP contribution in [0.3, 0.4) is 0 Å². The highest BCUT2D eigenvalue weighted by molar-refractivity contribution is 5.35. The highest BCUT2D eigenvalue weighted by atomic mass is 19.2. The van der Waals surface area contributed by atoms with Crippen molar-refractivity contribution in [1.82, 2.24) is 9.88 Å². The van der Waals surface area contributed by atoms with E-state index in [4.69, 9.17) is 0 Å². The summed E-state index contributed by atoms with van der Waals surface area (Å²) >= 11 is 0. The predicted octanol–water partition coefficient (Wildman–Crippen LogP) is 2.25. The van der Waals surface area contributed by atoms with Gasteiger partial charge in [0, 0.05) is 12.6 Å². The van der Waals surface area contributed by atoms with Gasteiger partial charge < -0.3 is 10.2 Å². The summed E-state index contributed by atoms with van der Waals surface area (Å²) in [6.45, 7) is 1.40. The number of rotatable bonds is 6. The van der Waals surface area contributed by atoms with E-state index in [0.717, 1.165) is 19.4 Å². The van der Waals surface area contributed by atoms with E-state index in [1.807, 2.05) is 19.0 Å². The van der Waals surface area contributed by atoms with Crippen molar-refractivity contribution in [1.29, 1.82) is 0 Å². The average Bonchev–Trinajstić information content (AvgIpc) is 2.24. The number of unbranched alkanes of at least 4 members (excludes halogenated alkanes) is 1. The SMILES string of the molecule is CN(C)CCCCNc1nc(F)c(F)cc1F. The Labute approximate surface area is 98.6 Å². The van der Waals surface area contributed by atoms with Crippen molar-refractivity contribution in [3.05, 3.63) is 23.6 Å². The van der Waals surface area contributed by atoms with E-state index >= 15 is 0 Å². The van der Waals surface area contributed by atoms with Crippen LogP contribution in [0.2, 0.25) is 0 Å². The monoisotopic (exact) mass is 247 g/mol. The van der Waals surface area contributed by atoms with Crippen LogP contribution in [0, 0.1) is 17.6 Å². The second-order valence-corrected chi connectivity index (χ2v) is 4.03. The molecule has 0 spiro atoms. The zero-order valence-electron chi connectivity index (χ0n) is 9.93. The number of anilines is 1. The topological polar surface area (TPSA) is 28.2 Å². The molecule has 6 heteroatoms. The quantitative estimate of drug-likeness (QED) is 0.617. The Bertz CT molecular complexity index is 369. The smallest absolute Gasteiger partial charge is 0.251 e. The molecule has 1 heterocycles. The molecule has 17 heavy (non-hydrogen) atoms. The predicted molar refractivity (Wildman–Crippen MR) is 60.4 cm³/mol. The summed E-state index contributed by atoms with van der Waals surface area (Å²) in [7, 11) is 3.92. The summed E-state index contributed by atoms with van der Waals surface area (Å²) in [5, 5.41) is 2.64. The molecule has 1 rings (SSSR count). The van der Waals surface area contributed by atoms with Crippen LogP contribution in [0.5, 0.6) is 0 Å². The van der Waals surface area contributed by atoms with Crippen molar-refractivity contribution in [3.63, 3.8) is 0 Å². The molecule has 0 fully saturated rings. The largest absolute Gasteiger partial charge is 0.368 e. The van der Waals surface area contributed by atoms with E-state index in [0.29, 0.717) is 12.6 Å². The van der Waals surface area contributed by atoms with Crippen molar-refractivity contribution in [3.8, 4) is 0 Å². The molecule has 0 bridgehead atoms. The molecular formula is C11H16F3N3. The molecule has 0 aromatic carbocycles. The van der Waals surface area contributed by atoms with Crippen LogP contribution in [0.1, 0.15) is 12.8 Å². The molecule has 0 radical (unpaired) electrons. The minimum atomic E-state index is -1.29. The van der Waals surface area contributed by atoms with Gasteiger partial charge in [0.2, 0.25) is 0 Å². The number of halogens is 3. The average molecular weight is 247 g/mol. The van der Waals surface area contributed by atoms with Crippen LogP contribution in [0.4, 0.5) is 19.0 Å². The fourth-order valence-electron chi connectivity index (χ4n) is 1.33. The Morgan fingerprint density at radius 2 is 1.88 bits per heavy atom. The van der Waals surface area contributed by atoms with E-state index in [1.165, 1.54) is 0 Å². The third kappa shape index (κ3) is 4.60. The molecule has 96 valence electrons. The number of pyridine rings is 1. The highest BCUT2D eigenvalue weighted by Gasteiger charge is 2.10. The second-order valence-electron chi connectivity index (χ2n) is 4.03. The third-order valence-corrected chi connectivity index (χ3v) is 2.21. The molecule has 3 nitrogen and oxygen atoms in total. The van der Waals surface area contributed by atoms with Crippen LogP contribution >= 0.6 is 0 Å². The Kier molecular flexibility index (Phi) is 5.21. The normalized spacial score (nSPS) is 10.9. The first kappa shape index (κ1) is 13.8. The molecule has 0 amide bonds. The van der Waals surface area contributed by atoms with Crippen molar-refractivity contribution < 1.29 is 13.2 Å². The van der Waals surface area contributed by atoms with E-state index in [-0.39, 0.29) is 5.82 Å². The molecule has 0 aliphatic carbocycles. The first-order valence-electron chi connectivity index (χ1n) is 5.41. The summed E-state index contributed by atoms with van der Waals surface area (Å²) in [6.07, 6.45) is 1.74. The number of nitrogens with one attached hydrogen (secondary N) is 1. The van der Waals surface area contributed by atoms with Crippen LogP contribution in [-0.2, 0) is 0 Å². The summed E-state index contributed by atoms with van der Waals surface area (Å²) < 4.78 is 38.4. The van der Waals surface area contributed by atoms with Crippen molar-refractivity contribution in [2.45, 2.75) is 12.8 Å². The van der Waals surface area contributed by atoms with E-state index in [1.54, 1.807) is 0 Å². The maximum atomic E-state index is 13.1. The maximum Gasteiger partial charge on any atom is 0.251 e. The van der Waals surface area contributed by atoms with Gasteiger partial charge in [-0.15, -0.1) is 0 Å². The van der Waals surface area contributed by atoms with Gasteiger partial charge in [-0.1, -0.05) is 0 Å². The Hall–Kier alpha value is -1.30. The summed E-state index contributed by atoms with van der Waals surface area (Å²) in [4.78, 5) is 5.20. The summed E-state index contributed by atoms with van der Waals surface area (Å²) in [5.74, 6) is -3.69. The zero-order chi connectivity index (χ0) is 12.8. The lowest BCUT2D eigenvalue weighted by Crippen LogP contribution is -2.14. The van der Waals surface area contributed by atoms with Gasteiger partial charge in [-0.3, -0.25) is 0 Å². The van der Waals surface area contributed by atoms with Gasteiger partial charge in [-0.05, 0) is 33.5 Å². The molecule has 1 aromatic rings. The Balaban J connectivity index is 2.39. The van der Waals surface area contributed by atoms with Crippen molar-refractivity contribution in [2.24, 2.45) is 0 Å². The zero-order valence-corrected chi connectivity index (χ0v) is 9.93. The summed E-state index contributed by atoms with van der Waals surface area (Å²) in [5.41, 5.74) is 0. The maximum absolute atomic E-state index is 13.1. The van der Waals surface area contributed by atoms with Gasteiger partial charge >= 0.3 is 0 Å². The minimum Gasteiger partial charge on any atom is -0.368 e. The molecule has 0 atom stereocenters. The number of hydrogen-bond donors (Lipinski definition) is 1. The van der Waals surface area contributed by atoms with E-state index < -0.39 is 17.6 Å². The lowest BCUT2D eigenvalue weighted by Gasteiger charge is -2.10. The van der Waals surface area contributed by atoms with E-state index in [9.17, 15) is 13.2 Å². The molecular weight excluding hydrogens is 231 g/mol. The molecule has 0 saturated heterocycles. The van der Waals surface area contributed by atoms with Crippen molar-refractivity contribution >= 4 is 5.82 Å². The number of hydrogen-bond acceptors (Lipinski definition) is 3. The van der Waals surface area contributed by atoms with Gasteiger partial charge in [0.25, 0.3) is 5.95 Å². The molecule has 1 aromatic heterocycles. The van der Waals surface area contributed by atoms with Crippen LogP contribution in [0.15, 0.2) is 6.07 Å². The number of nitrogens with zero attached hydrogens (tertiary/aromatic N) is 2. The fraction of sp³-hybridized carbons (Fsp3) is 0.545. The molecule has 0 aliphatic heterocycles. The van der Waals surface area contributed by atoms with Gasteiger partial charge in [0.05, 0.1) is 0 Å². The second kappa shape index (κ2) is 6.44. The van der Waals surface area contributed by atoms with Crippen LogP contribution in [0.25, 0.3) is 0 Å². The van der Waals surface area contributed by atoms with E-state index in [2.05, 4.69) is 10.3 Å². The number of aromatic nitrogens is 1. The molecule has 0 saturated carbocycles. The molecule has 0 aliphatic rings. The van der Waals surface area contributed by atoms with Gasteiger partial charge in [-0.25, -0.2) is 8.78 Å². The molecule has 0 unspecified atom stereocenters. The van der Waals surface area contributed by atoms with Gasteiger partial charge in [0.15, 0.2) is 17.5 Å². The van der Waals surface area contributed by atoms with Crippen molar-refractivity contribution in [2.75, 3.05) is 32.5 Å². The lowest BCUT2D eigenvalue weighted by atomic mass is 10.3. The third-order valence-electron chi connectivity index (χ3n) is 2.21. The first-order valence-corrected chi connectivity index (χ1v) is 5.41. The summed E-state index contributed by atoms with van der Waals surface area (Å²) in [6, 6.07) is 0.491. The standard InChI is InChI=1S/C11H16F3N3/c1-17(2)6-4-3-5-15-11-9(13)7-8(12)10(14)16-11/h7H,3-6H2,1-2H3,(H,15,16). The Morgan fingerprint density at radius 1 is 1.18 bits per heavy atom. The Morgan fingerprint density at radius 3 is 2.53 bits per heavy atom. The molecule has 1 N–H and O–H groups in total. The van der Waals surface area contributed by atoms with Gasteiger partial charge in [0.1, 0.15) is 0 Å². The van der Waals surface area contributed by atoms with Crippen LogP contribution < -0.4 is 5.32 Å². The van der Waals surface area contributed by atoms with Crippen LogP contribution in [-0.4, -0.2) is 37.1 Å². The minimum absolute atomic E-state index is 0.242.